The van der Waals surface area contributed by atoms with Gasteiger partial charge in [-0.05, 0) is 42.8 Å². The zero-order valence-corrected chi connectivity index (χ0v) is 22.3. The number of carbonyl (C=O) groups is 2. The van der Waals surface area contributed by atoms with Crippen molar-refractivity contribution in [2.45, 2.75) is 20.0 Å². The molecule has 0 unspecified atom stereocenters. The molecular formula is C30H26Cl2N2O4. The van der Waals surface area contributed by atoms with E-state index in [4.69, 9.17) is 27.6 Å². The number of aryl methyl sites for hydroxylation is 1. The van der Waals surface area contributed by atoms with Crippen LogP contribution in [0.2, 0.25) is 10.0 Å². The summed E-state index contributed by atoms with van der Waals surface area (Å²) in [6, 6.07) is 19.4. The Morgan fingerprint density at radius 2 is 1.66 bits per heavy atom. The van der Waals surface area contributed by atoms with Gasteiger partial charge in [-0.15, -0.1) is 6.58 Å². The molecule has 2 amide bonds. The average molecular weight is 549 g/mol. The number of amides is 2. The molecule has 0 N–H and O–H groups in total. The molecule has 0 aliphatic rings. The SMILES string of the molecule is C=CCN(CC(=O)N(Cc1ccccc1)Cc1coc2ccc(C)cc2c1=O)C(=O)c1cc(Cl)cc(Cl)c1. The van der Waals surface area contributed by atoms with Crippen LogP contribution in [0.5, 0.6) is 0 Å². The van der Waals surface area contributed by atoms with Crippen molar-refractivity contribution in [2.24, 2.45) is 0 Å². The summed E-state index contributed by atoms with van der Waals surface area (Å²) in [4.78, 5) is 43.1. The Kier molecular flexibility index (Phi) is 8.66. The lowest BCUT2D eigenvalue weighted by Crippen LogP contribution is -2.43. The smallest absolute Gasteiger partial charge is 0.254 e. The van der Waals surface area contributed by atoms with Gasteiger partial charge in [0.25, 0.3) is 5.91 Å². The average Bonchev–Trinajstić information content (AvgIpc) is 2.89. The van der Waals surface area contributed by atoms with Crippen LogP contribution in [-0.2, 0) is 17.9 Å². The van der Waals surface area contributed by atoms with E-state index in [0.29, 0.717) is 26.6 Å². The number of carbonyl (C=O) groups excluding carboxylic acids is 2. The van der Waals surface area contributed by atoms with Crippen LogP contribution in [0, 0.1) is 6.92 Å². The lowest BCUT2D eigenvalue weighted by atomic mass is 10.1. The molecule has 1 aromatic heterocycles. The van der Waals surface area contributed by atoms with E-state index in [1.807, 2.05) is 43.3 Å². The van der Waals surface area contributed by atoms with Crippen LogP contribution in [0.25, 0.3) is 11.0 Å². The maximum absolute atomic E-state index is 13.6. The molecule has 6 nitrogen and oxygen atoms in total. The number of halogens is 2. The van der Waals surface area contributed by atoms with Gasteiger partial charge in [-0.25, -0.2) is 0 Å². The molecular weight excluding hydrogens is 523 g/mol. The summed E-state index contributed by atoms with van der Waals surface area (Å²) in [5.41, 5.74) is 2.69. The van der Waals surface area contributed by atoms with Crippen LogP contribution < -0.4 is 5.43 Å². The zero-order valence-electron chi connectivity index (χ0n) is 20.8. The van der Waals surface area contributed by atoms with E-state index in [2.05, 4.69) is 6.58 Å². The number of benzene rings is 3. The molecule has 0 radical (unpaired) electrons. The number of fused-ring (bicyclic) bond motifs is 1. The summed E-state index contributed by atoms with van der Waals surface area (Å²) in [7, 11) is 0. The maximum Gasteiger partial charge on any atom is 0.254 e. The first-order chi connectivity index (χ1) is 18.2. The van der Waals surface area contributed by atoms with Crippen molar-refractivity contribution >= 4 is 46.0 Å². The first kappa shape index (κ1) is 27.2. The molecule has 8 heteroatoms. The van der Waals surface area contributed by atoms with Crippen LogP contribution in [0.3, 0.4) is 0 Å². The number of rotatable bonds is 9. The summed E-state index contributed by atoms with van der Waals surface area (Å²) in [5.74, 6) is -0.760. The molecule has 4 rings (SSSR count). The molecule has 1 heterocycles. The van der Waals surface area contributed by atoms with E-state index < -0.39 is 5.91 Å². The van der Waals surface area contributed by atoms with Gasteiger partial charge in [0.2, 0.25) is 5.91 Å². The Morgan fingerprint density at radius 3 is 2.34 bits per heavy atom. The molecule has 0 aliphatic carbocycles. The third-order valence-electron chi connectivity index (χ3n) is 6.00. The highest BCUT2D eigenvalue weighted by molar-refractivity contribution is 6.35. The highest BCUT2D eigenvalue weighted by Crippen LogP contribution is 2.21. The predicted octanol–water partition coefficient (Wildman–Crippen LogP) is 6.27. The molecule has 0 fully saturated rings. The van der Waals surface area contributed by atoms with Gasteiger partial charge in [-0.1, -0.05) is 71.2 Å². The molecule has 0 saturated carbocycles. The van der Waals surface area contributed by atoms with Crippen molar-refractivity contribution < 1.29 is 14.0 Å². The van der Waals surface area contributed by atoms with Crippen LogP contribution in [0.15, 0.2) is 94.9 Å². The van der Waals surface area contributed by atoms with Crippen molar-refractivity contribution in [3.63, 3.8) is 0 Å². The van der Waals surface area contributed by atoms with E-state index in [0.717, 1.165) is 11.1 Å². The molecule has 0 aliphatic heterocycles. The summed E-state index contributed by atoms with van der Waals surface area (Å²) in [6.45, 7) is 5.77. The fourth-order valence-corrected chi connectivity index (χ4v) is 4.66. The van der Waals surface area contributed by atoms with E-state index in [1.54, 1.807) is 18.2 Å². The standard InChI is InChI=1S/C30H26Cl2N2O4/c1-3-11-33(30(37)22-13-24(31)15-25(32)14-22)18-28(35)34(16-21-7-5-4-6-8-21)17-23-19-38-27-10-9-20(2)12-26(27)29(23)36/h3-10,12-15,19H,1,11,16-18H2,2H3. The molecule has 0 bridgehead atoms. The second-order valence-electron chi connectivity index (χ2n) is 8.96. The molecule has 0 saturated heterocycles. The van der Waals surface area contributed by atoms with Crippen molar-refractivity contribution in [1.82, 2.24) is 9.80 Å². The van der Waals surface area contributed by atoms with Crippen molar-refractivity contribution in [2.75, 3.05) is 13.1 Å². The lowest BCUT2D eigenvalue weighted by Gasteiger charge is -2.27. The molecule has 0 atom stereocenters. The largest absolute Gasteiger partial charge is 0.464 e. The van der Waals surface area contributed by atoms with Crippen molar-refractivity contribution in [3.8, 4) is 0 Å². The van der Waals surface area contributed by atoms with E-state index >= 15 is 0 Å². The van der Waals surface area contributed by atoms with Gasteiger partial charge >= 0.3 is 0 Å². The zero-order chi connectivity index (χ0) is 27.2. The Hall–Kier alpha value is -3.87. The summed E-state index contributed by atoms with van der Waals surface area (Å²) < 4.78 is 5.71. The third kappa shape index (κ3) is 6.52. The summed E-state index contributed by atoms with van der Waals surface area (Å²) >= 11 is 12.2. The van der Waals surface area contributed by atoms with Crippen LogP contribution in [0.1, 0.15) is 27.0 Å². The summed E-state index contributed by atoms with van der Waals surface area (Å²) in [5, 5.41) is 1.08. The number of hydrogen-bond donors (Lipinski definition) is 0. The minimum absolute atomic E-state index is 0.0130. The monoisotopic (exact) mass is 548 g/mol. The molecule has 38 heavy (non-hydrogen) atoms. The quantitative estimate of drug-likeness (QED) is 0.231. The second kappa shape index (κ2) is 12.1. The van der Waals surface area contributed by atoms with Gasteiger partial charge in [-0.2, -0.15) is 0 Å². The lowest BCUT2D eigenvalue weighted by molar-refractivity contribution is -0.133. The van der Waals surface area contributed by atoms with Gasteiger partial charge in [0.15, 0.2) is 5.43 Å². The highest BCUT2D eigenvalue weighted by Gasteiger charge is 2.24. The Morgan fingerprint density at radius 1 is 0.947 bits per heavy atom. The van der Waals surface area contributed by atoms with E-state index in [9.17, 15) is 14.4 Å². The predicted molar refractivity (Wildman–Crippen MR) is 150 cm³/mol. The van der Waals surface area contributed by atoms with Crippen molar-refractivity contribution in [3.05, 3.63) is 128 Å². The van der Waals surface area contributed by atoms with Crippen LogP contribution in [0.4, 0.5) is 0 Å². The molecule has 3 aromatic carbocycles. The van der Waals surface area contributed by atoms with Crippen LogP contribution in [-0.4, -0.2) is 34.7 Å². The molecule has 0 spiro atoms. The van der Waals surface area contributed by atoms with E-state index in [-0.39, 0.29) is 43.1 Å². The van der Waals surface area contributed by atoms with Gasteiger partial charge in [0, 0.05) is 28.7 Å². The maximum atomic E-state index is 13.6. The van der Waals surface area contributed by atoms with Gasteiger partial charge in [0.05, 0.1) is 23.8 Å². The second-order valence-corrected chi connectivity index (χ2v) is 9.83. The fourth-order valence-electron chi connectivity index (χ4n) is 4.13. The normalized spacial score (nSPS) is 10.8. The third-order valence-corrected chi connectivity index (χ3v) is 6.44. The van der Waals surface area contributed by atoms with E-state index in [1.165, 1.54) is 34.3 Å². The minimum Gasteiger partial charge on any atom is -0.464 e. The van der Waals surface area contributed by atoms with Gasteiger partial charge < -0.3 is 14.2 Å². The van der Waals surface area contributed by atoms with Crippen molar-refractivity contribution in [1.29, 1.82) is 0 Å². The summed E-state index contributed by atoms with van der Waals surface area (Å²) in [6.07, 6.45) is 2.94. The Bertz CT molecular complexity index is 1530. The van der Waals surface area contributed by atoms with Gasteiger partial charge in [0.1, 0.15) is 12.1 Å². The molecule has 194 valence electrons. The topological polar surface area (TPSA) is 70.8 Å². The Balaban J connectivity index is 1.64. The molecule has 4 aromatic rings. The minimum atomic E-state index is -0.414. The first-order valence-corrected chi connectivity index (χ1v) is 12.7. The number of hydrogen-bond acceptors (Lipinski definition) is 4. The van der Waals surface area contributed by atoms with Crippen LogP contribution >= 0.6 is 23.2 Å². The fraction of sp³-hybridized carbons (Fsp3) is 0.167. The first-order valence-electron chi connectivity index (χ1n) is 11.9. The van der Waals surface area contributed by atoms with Gasteiger partial charge in [-0.3, -0.25) is 14.4 Å². The highest BCUT2D eigenvalue weighted by atomic mass is 35.5. The Labute approximate surface area is 230 Å². The number of nitrogens with zero attached hydrogens (tertiary/aromatic N) is 2.